The summed E-state index contributed by atoms with van der Waals surface area (Å²) in [6.07, 6.45) is 0.736. The Morgan fingerprint density at radius 3 is 2.75 bits per heavy atom. The van der Waals surface area contributed by atoms with Gasteiger partial charge in [-0.2, -0.15) is 5.10 Å². The maximum atomic E-state index is 13.8. The molecule has 1 amide bonds. The largest absolute Gasteiger partial charge is 0.494 e. The van der Waals surface area contributed by atoms with Crippen LogP contribution in [0.4, 0.5) is 4.39 Å². The number of aryl methyl sites for hydroxylation is 1. The van der Waals surface area contributed by atoms with Crippen LogP contribution < -0.4 is 15.6 Å². The van der Waals surface area contributed by atoms with E-state index in [4.69, 9.17) is 4.74 Å². The Kier molecular flexibility index (Phi) is 5.68. The number of ether oxygens (including phenoxy) is 1. The maximum absolute atomic E-state index is 13.8. The molecule has 1 aromatic carbocycles. The average Bonchev–Trinajstić information content (AvgIpc) is 2.56. The lowest BCUT2D eigenvalue weighted by molar-refractivity contribution is 0.0932. The number of benzene rings is 1. The van der Waals surface area contributed by atoms with Gasteiger partial charge in [-0.05, 0) is 37.1 Å². The average molecular weight is 333 g/mol. The van der Waals surface area contributed by atoms with Crippen LogP contribution in [0.25, 0.3) is 0 Å². The van der Waals surface area contributed by atoms with Crippen molar-refractivity contribution in [2.24, 2.45) is 0 Å². The van der Waals surface area contributed by atoms with E-state index in [0.717, 1.165) is 6.42 Å². The molecule has 0 aliphatic rings. The van der Waals surface area contributed by atoms with Crippen LogP contribution in [-0.4, -0.2) is 22.8 Å². The predicted molar refractivity (Wildman–Crippen MR) is 87.6 cm³/mol. The summed E-state index contributed by atoms with van der Waals surface area (Å²) in [6.45, 7) is 4.10. The summed E-state index contributed by atoms with van der Waals surface area (Å²) in [5.41, 5.74) is 0.492. The fourth-order valence-electron chi connectivity index (χ4n) is 2.25. The van der Waals surface area contributed by atoms with Crippen LogP contribution in [-0.2, 0) is 6.54 Å². The number of hydrogen-bond acceptors (Lipinski definition) is 4. The van der Waals surface area contributed by atoms with Crippen LogP contribution in [0, 0.1) is 5.82 Å². The van der Waals surface area contributed by atoms with Gasteiger partial charge in [0.1, 0.15) is 5.69 Å². The molecule has 0 unspecified atom stereocenters. The third-order valence-corrected chi connectivity index (χ3v) is 3.56. The second kappa shape index (κ2) is 7.72. The van der Waals surface area contributed by atoms with E-state index in [9.17, 15) is 14.0 Å². The zero-order chi connectivity index (χ0) is 17.7. The second-order valence-corrected chi connectivity index (χ2v) is 5.37. The molecule has 0 saturated carbocycles. The van der Waals surface area contributed by atoms with Crippen LogP contribution in [0.3, 0.4) is 0 Å². The molecule has 0 aliphatic heterocycles. The molecule has 0 fully saturated rings. The molecule has 0 aliphatic carbocycles. The number of aromatic nitrogens is 2. The van der Waals surface area contributed by atoms with Crippen molar-refractivity contribution < 1.29 is 13.9 Å². The standard InChI is InChI=1S/C17H20FN3O3/c1-4-9-21-16(22)8-6-14(20-21)17(23)19-11(2)12-5-7-15(24-3)13(18)10-12/h5-8,10-11H,4,9H2,1-3H3,(H,19,23)/t11-/m0/s1. The summed E-state index contributed by atoms with van der Waals surface area (Å²) in [5, 5.41) is 6.79. The SMILES string of the molecule is CCCn1nc(C(=O)N[C@@H](C)c2ccc(OC)c(F)c2)ccc1=O. The van der Waals surface area contributed by atoms with Crippen LogP contribution >= 0.6 is 0 Å². The van der Waals surface area contributed by atoms with Crippen molar-refractivity contribution in [1.82, 2.24) is 15.1 Å². The van der Waals surface area contributed by atoms with E-state index in [0.29, 0.717) is 12.1 Å². The lowest BCUT2D eigenvalue weighted by atomic mass is 10.1. The first-order valence-corrected chi connectivity index (χ1v) is 7.68. The molecule has 0 radical (unpaired) electrons. The molecule has 0 bridgehead atoms. The van der Waals surface area contributed by atoms with Gasteiger partial charge in [0.25, 0.3) is 11.5 Å². The first-order valence-electron chi connectivity index (χ1n) is 7.68. The molecular weight excluding hydrogens is 313 g/mol. The monoisotopic (exact) mass is 333 g/mol. The summed E-state index contributed by atoms with van der Waals surface area (Å²) in [6, 6.07) is 6.77. The number of halogens is 1. The highest BCUT2D eigenvalue weighted by Crippen LogP contribution is 2.21. The Bertz CT molecular complexity index is 789. The highest BCUT2D eigenvalue weighted by Gasteiger charge is 2.15. The fourth-order valence-corrected chi connectivity index (χ4v) is 2.25. The van der Waals surface area contributed by atoms with Crippen LogP contribution in [0.1, 0.15) is 42.4 Å². The van der Waals surface area contributed by atoms with E-state index in [1.165, 1.54) is 36.1 Å². The Labute approximate surface area is 139 Å². The first-order chi connectivity index (χ1) is 11.5. The van der Waals surface area contributed by atoms with Crippen LogP contribution in [0.2, 0.25) is 0 Å². The van der Waals surface area contributed by atoms with Gasteiger partial charge in [-0.15, -0.1) is 0 Å². The summed E-state index contributed by atoms with van der Waals surface area (Å²) in [5.74, 6) is -0.778. The third kappa shape index (κ3) is 3.98. The number of carbonyl (C=O) groups excluding carboxylic acids is 1. The van der Waals surface area contributed by atoms with Crippen molar-refractivity contribution in [3.63, 3.8) is 0 Å². The topological polar surface area (TPSA) is 73.2 Å². The lowest BCUT2D eigenvalue weighted by Gasteiger charge is -2.15. The minimum absolute atomic E-state index is 0.142. The number of amides is 1. The zero-order valence-corrected chi connectivity index (χ0v) is 13.9. The molecule has 1 heterocycles. The number of carbonyl (C=O) groups is 1. The highest BCUT2D eigenvalue weighted by molar-refractivity contribution is 5.92. The molecule has 1 aromatic heterocycles. The van der Waals surface area contributed by atoms with Crippen LogP contribution in [0.15, 0.2) is 35.1 Å². The highest BCUT2D eigenvalue weighted by atomic mass is 19.1. The predicted octanol–water partition coefficient (Wildman–Crippen LogP) is 2.29. The van der Waals surface area contributed by atoms with Gasteiger partial charge in [0.15, 0.2) is 11.6 Å². The molecule has 1 N–H and O–H groups in total. The fraction of sp³-hybridized carbons (Fsp3) is 0.353. The quantitative estimate of drug-likeness (QED) is 0.880. The maximum Gasteiger partial charge on any atom is 0.272 e. The molecule has 24 heavy (non-hydrogen) atoms. The van der Waals surface area contributed by atoms with E-state index in [1.807, 2.05) is 6.92 Å². The van der Waals surface area contributed by atoms with Crippen molar-refractivity contribution in [1.29, 1.82) is 0 Å². The summed E-state index contributed by atoms with van der Waals surface area (Å²) in [4.78, 5) is 23.9. The van der Waals surface area contributed by atoms with E-state index in [-0.39, 0.29) is 17.0 Å². The minimum Gasteiger partial charge on any atom is -0.494 e. The van der Waals surface area contributed by atoms with Gasteiger partial charge in [-0.1, -0.05) is 13.0 Å². The van der Waals surface area contributed by atoms with Crippen molar-refractivity contribution >= 4 is 5.91 Å². The molecular formula is C17H20FN3O3. The molecule has 2 rings (SSSR count). The van der Waals surface area contributed by atoms with E-state index in [2.05, 4.69) is 10.4 Å². The Morgan fingerprint density at radius 1 is 1.38 bits per heavy atom. The molecule has 0 spiro atoms. The molecule has 128 valence electrons. The van der Waals surface area contributed by atoms with Gasteiger partial charge in [0.2, 0.25) is 0 Å². The number of nitrogens with zero attached hydrogens (tertiary/aromatic N) is 2. The summed E-state index contributed by atoms with van der Waals surface area (Å²) >= 11 is 0. The Morgan fingerprint density at radius 2 is 2.12 bits per heavy atom. The van der Waals surface area contributed by atoms with E-state index < -0.39 is 17.8 Å². The van der Waals surface area contributed by atoms with Crippen molar-refractivity contribution in [3.8, 4) is 5.75 Å². The number of hydrogen-bond donors (Lipinski definition) is 1. The van der Waals surface area contributed by atoms with Crippen molar-refractivity contribution in [2.75, 3.05) is 7.11 Å². The lowest BCUT2D eigenvalue weighted by Crippen LogP contribution is -2.31. The van der Waals surface area contributed by atoms with Gasteiger partial charge >= 0.3 is 0 Å². The number of rotatable bonds is 6. The Hall–Kier alpha value is -2.70. The van der Waals surface area contributed by atoms with Gasteiger partial charge in [0.05, 0.1) is 13.2 Å². The van der Waals surface area contributed by atoms with Crippen molar-refractivity contribution in [3.05, 3.63) is 57.8 Å². The summed E-state index contributed by atoms with van der Waals surface area (Å²) in [7, 11) is 1.39. The molecule has 2 aromatic rings. The molecule has 1 atom stereocenters. The number of nitrogens with one attached hydrogen (secondary N) is 1. The second-order valence-electron chi connectivity index (χ2n) is 5.37. The Balaban J connectivity index is 2.15. The van der Waals surface area contributed by atoms with Crippen molar-refractivity contribution in [2.45, 2.75) is 32.9 Å². The molecule has 7 heteroatoms. The number of methoxy groups -OCH3 is 1. The smallest absolute Gasteiger partial charge is 0.272 e. The van der Waals surface area contributed by atoms with Gasteiger partial charge in [0, 0.05) is 12.6 Å². The van der Waals surface area contributed by atoms with E-state index in [1.54, 1.807) is 13.0 Å². The first kappa shape index (κ1) is 17.7. The van der Waals surface area contributed by atoms with Gasteiger partial charge < -0.3 is 10.1 Å². The van der Waals surface area contributed by atoms with Crippen LogP contribution in [0.5, 0.6) is 5.75 Å². The summed E-state index contributed by atoms with van der Waals surface area (Å²) < 4.78 is 19.9. The minimum atomic E-state index is -0.495. The third-order valence-electron chi connectivity index (χ3n) is 3.56. The van der Waals surface area contributed by atoms with E-state index >= 15 is 0 Å². The molecule has 6 nitrogen and oxygen atoms in total. The van der Waals surface area contributed by atoms with Gasteiger partial charge in [-0.25, -0.2) is 9.07 Å². The van der Waals surface area contributed by atoms with Gasteiger partial charge in [-0.3, -0.25) is 9.59 Å². The zero-order valence-electron chi connectivity index (χ0n) is 13.9. The normalized spacial score (nSPS) is 11.8. The molecule has 0 saturated heterocycles.